The van der Waals surface area contributed by atoms with Crippen molar-refractivity contribution < 1.29 is 14.3 Å². The molecule has 1 fully saturated rings. The minimum absolute atomic E-state index is 0.0152. The number of hydrogen-bond donors (Lipinski definition) is 1. The lowest BCUT2D eigenvalue weighted by molar-refractivity contribution is 0.0962. The second-order valence-electron chi connectivity index (χ2n) is 7.24. The Morgan fingerprint density at radius 3 is 2.92 bits per heavy atom. The van der Waals surface area contributed by atoms with Crippen molar-refractivity contribution in [3.63, 3.8) is 0 Å². The zero-order chi connectivity index (χ0) is 18.5. The lowest BCUT2D eigenvalue weighted by Crippen LogP contribution is -2.48. The number of rotatable bonds is 4. The Hall–Kier alpha value is -1.89. The maximum absolute atomic E-state index is 12.1. The highest BCUT2D eigenvalue weighted by Crippen LogP contribution is 2.27. The normalized spacial score (nSPS) is 20.5. The van der Waals surface area contributed by atoms with Crippen LogP contribution in [0.2, 0.25) is 0 Å². The van der Waals surface area contributed by atoms with E-state index in [1.165, 1.54) is 0 Å². The molecule has 1 atom stereocenters. The molecule has 0 saturated carbocycles. The van der Waals surface area contributed by atoms with Crippen LogP contribution >= 0.6 is 0 Å². The van der Waals surface area contributed by atoms with E-state index in [0.717, 1.165) is 49.3 Å². The number of nitrogens with one attached hydrogen (secondary N) is 1. The van der Waals surface area contributed by atoms with E-state index < -0.39 is 0 Å². The summed E-state index contributed by atoms with van der Waals surface area (Å²) in [7, 11) is 0. The molecular weight excluding hydrogens is 332 g/mol. The second-order valence-corrected chi connectivity index (χ2v) is 7.24. The summed E-state index contributed by atoms with van der Waals surface area (Å²) < 4.78 is 11.9. The number of likely N-dealkylation sites (tertiary alicyclic amines) is 1. The van der Waals surface area contributed by atoms with E-state index in [9.17, 15) is 4.79 Å². The lowest BCUT2D eigenvalue weighted by atomic mass is 10.1. The number of fused-ring (bicyclic) bond motifs is 1. The molecule has 26 heavy (non-hydrogen) atoms. The van der Waals surface area contributed by atoms with Gasteiger partial charge < -0.3 is 19.7 Å². The molecule has 2 aliphatic rings. The molecule has 1 saturated heterocycles. The fourth-order valence-electron chi connectivity index (χ4n) is 3.42. The number of aromatic nitrogens is 2. The predicted octanol–water partition coefficient (Wildman–Crippen LogP) is 2.29. The number of urea groups is 1. The average molecular weight is 362 g/mol. The van der Waals surface area contributed by atoms with E-state index in [-0.39, 0.29) is 18.1 Å². The number of carbonyl (C=O) groups excluding carboxylic acids is 1. The monoisotopic (exact) mass is 362 g/mol. The van der Waals surface area contributed by atoms with Crippen molar-refractivity contribution >= 4 is 6.03 Å². The first-order valence-electron chi connectivity index (χ1n) is 9.75. The highest BCUT2D eigenvalue weighted by Gasteiger charge is 2.27. The van der Waals surface area contributed by atoms with Crippen LogP contribution in [0, 0.1) is 0 Å². The van der Waals surface area contributed by atoms with Gasteiger partial charge in [0.1, 0.15) is 11.9 Å². The Bertz CT molecular complexity index is 635. The Morgan fingerprint density at radius 1 is 1.35 bits per heavy atom. The molecule has 144 valence electrons. The third kappa shape index (κ3) is 4.44. The zero-order valence-corrected chi connectivity index (χ0v) is 16.1. The largest absolute Gasteiger partial charge is 0.472 e. The first kappa shape index (κ1) is 18.9. The van der Waals surface area contributed by atoms with E-state index in [2.05, 4.69) is 19.2 Å². The predicted molar refractivity (Wildman–Crippen MR) is 98.6 cm³/mol. The van der Waals surface area contributed by atoms with E-state index in [1.54, 1.807) is 0 Å². The SMILES string of the molecule is CCNC(=O)N1CCCC(Oc2nc(C(C)C)nc3c2CCOCC3)C1. The summed E-state index contributed by atoms with van der Waals surface area (Å²) in [5, 5.41) is 2.87. The molecule has 1 N–H and O–H groups in total. The topological polar surface area (TPSA) is 76.6 Å². The van der Waals surface area contributed by atoms with Gasteiger partial charge in [0.05, 0.1) is 25.5 Å². The highest BCUT2D eigenvalue weighted by molar-refractivity contribution is 5.74. The van der Waals surface area contributed by atoms with Gasteiger partial charge in [-0.25, -0.2) is 9.78 Å². The average Bonchev–Trinajstić information content (AvgIpc) is 2.87. The van der Waals surface area contributed by atoms with Crippen LogP contribution in [0.5, 0.6) is 5.88 Å². The Labute approximate surface area is 155 Å². The van der Waals surface area contributed by atoms with Crippen LogP contribution in [-0.2, 0) is 17.6 Å². The van der Waals surface area contributed by atoms with E-state index in [1.807, 2.05) is 11.8 Å². The third-order valence-corrected chi connectivity index (χ3v) is 4.84. The van der Waals surface area contributed by atoms with Crippen LogP contribution in [0.25, 0.3) is 0 Å². The van der Waals surface area contributed by atoms with E-state index in [0.29, 0.717) is 32.2 Å². The summed E-state index contributed by atoms with van der Waals surface area (Å²) in [6.07, 6.45) is 3.41. The number of piperidine rings is 1. The van der Waals surface area contributed by atoms with Crippen LogP contribution in [0.1, 0.15) is 56.6 Å². The van der Waals surface area contributed by atoms with Gasteiger partial charge in [0.15, 0.2) is 0 Å². The summed E-state index contributed by atoms with van der Waals surface area (Å²) in [5.41, 5.74) is 2.12. The van der Waals surface area contributed by atoms with Gasteiger partial charge >= 0.3 is 6.03 Å². The van der Waals surface area contributed by atoms with Crippen molar-refractivity contribution in [2.45, 2.75) is 58.5 Å². The molecule has 1 aromatic heterocycles. The van der Waals surface area contributed by atoms with Crippen molar-refractivity contribution in [2.75, 3.05) is 32.8 Å². The number of hydrogen-bond acceptors (Lipinski definition) is 5. The zero-order valence-electron chi connectivity index (χ0n) is 16.1. The summed E-state index contributed by atoms with van der Waals surface area (Å²) in [6, 6.07) is -0.0152. The summed E-state index contributed by atoms with van der Waals surface area (Å²) in [6.45, 7) is 9.49. The van der Waals surface area contributed by atoms with Crippen LogP contribution in [0.4, 0.5) is 4.79 Å². The summed E-state index contributed by atoms with van der Waals surface area (Å²) in [5.74, 6) is 1.74. The first-order chi connectivity index (χ1) is 12.6. The molecule has 0 bridgehead atoms. The number of ether oxygens (including phenoxy) is 2. The molecular formula is C19H30N4O3. The molecule has 1 aromatic rings. The number of nitrogens with zero attached hydrogens (tertiary/aromatic N) is 3. The highest BCUT2D eigenvalue weighted by atomic mass is 16.5. The minimum Gasteiger partial charge on any atom is -0.472 e. The third-order valence-electron chi connectivity index (χ3n) is 4.84. The Morgan fingerprint density at radius 2 is 2.15 bits per heavy atom. The quantitative estimate of drug-likeness (QED) is 0.889. The maximum atomic E-state index is 12.1. The van der Waals surface area contributed by atoms with Gasteiger partial charge in [0.2, 0.25) is 5.88 Å². The molecule has 2 amide bonds. The molecule has 0 spiro atoms. The summed E-state index contributed by atoms with van der Waals surface area (Å²) >= 11 is 0. The maximum Gasteiger partial charge on any atom is 0.317 e. The molecule has 2 aliphatic heterocycles. The molecule has 3 rings (SSSR count). The minimum atomic E-state index is -0.0328. The van der Waals surface area contributed by atoms with Gasteiger partial charge in [-0.1, -0.05) is 13.8 Å². The van der Waals surface area contributed by atoms with Crippen molar-refractivity contribution in [3.8, 4) is 5.88 Å². The molecule has 0 aliphatic carbocycles. The molecule has 0 aromatic carbocycles. The Kier molecular flexibility index (Phi) is 6.29. The van der Waals surface area contributed by atoms with Gasteiger partial charge in [-0.05, 0) is 19.8 Å². The van der Waals surface area contributed by atoms with Crippen molar-refractivity contribution in [1.82, 2.24) is 20.2 Å². The lowest BCUT2D eigenvalue weighted by Gasteiger charge is -2.33. The van der Waals surface area contributed by atoms with Gasteiger partial charge in [-0.2, -0.15) is 4.98 Å². The molecule has 1 unspecified atom stereocenters. The van der Waals surface area contributed by atoms with Crippen LogP contribution in [0.15, 0.2) is 0 Å². The number of carbonyl (C=O) groups is 1. The van der Waals surface area contributed by atoms with Gasteiger partial charge in [0, 0.05) is 37.4 Å². The fourth-order valence-corrected chi connectivity index (χ4v) is 3.42. The van der Waals surface area contributed by atoms with E-state index >= 15 is 0 Å². The standard InChI is InChI=1S/C19H30N4O3/c1-4-20-19(24)23-9-5-6-14(12-23)26-18-15-7-10-25-11-8-16(15)21-17(22-18)13(2)3/h13-14H,4-12H2,1-3H3,(H,20,24). The van der Waals surface area contributed by atoms with Crippen LogP contribution in [-0.4, -0.2) is 59.9 Å². The van der Waals surface area contributed by atoms with Gasteiger partial charge in [0.25, 0.3) is 0 Å². The van der Waals surface area contributed by atoms with Crippen molar-refractivity contribution in [3.05, 3.63) is 17.1 Å². The van der Waals surface area contributed by atoms with Crippen molar-refractivity contribution in [1.29, 1.82) is 0 Å². The van der Waals surface area contributed by atoms with Crippen LogP contribution < -0.4 is 10.1 Å². The molecule has 7 nitrogen and oxygen atoms in total. The molecule has 7 heteroatoms. The molecule has 0 radical (unpaired) electrons. The first-order valence-corrected chi connectivity index (χ1v) is 9.75. The van der Waals surface area contributed by atoms with Gasteiger partial charge in [-0.3, -0.25) is 0 Å². The second kappa shape index (κ2) is 8.66. The van der Waals surface area contributed by atoms with Gasteiger partial charge in [-0.15, -0.1) is 0 Å². The summed E-state index contributed by atoms with van der Waals surface area (Å²) in [4.78, 5) is 23.4. The number of amides is 2. The fraction of sp³-hybridized carbons (Fsp3) is 0.737. The Balaban J connectivity index is 1.79. The van der Waals surface area contributed by atoms with Crippen LogP contribution in [0.3, 0.4) is 0 Å². The molecule has 3 heterocycles. The smallest absolute Gasteiger partial charge is 0.317 e. The van der Waals surface area contributed by atoms with Crippen molar-refractivity contribution in [2.24, 2.45) is 0 Å². The van der Waals surface area contributed by atoms with E-state index in [4.69, 9.17) is 19.4 Å².